The quantitative estimate of drug-likeness (QED) is 0.549. The van der Waals surface area contributed by atoms with E-state index in [4.69, 9.17) is 5.73 Å². The lowest BCUT2D eigenvalue weighted by Crippen LogP contribution is -2.28. The zero-order valence-electron chi connectivity index (χ0n) is 16.6. The molecule has 1 aliphatic carbocycles. The number of rotatable bonds is 6. The number of nitrogen functional groups attached to an aromatic ring is 1. The number of carbonyl (C=O) groups excluding carboxylic acids is 1. The molecule has 3 aromatic rings. The van der Waals surface area contributed by atoms with Crippen molar-refractivity contribution in [2.75, 3.05) is 12.3 Å². The van der Waals surface area contributed by atoms with Crippen LogP contribution in [0.25, 0.3) is 16.8 Å². The second-order valence-electron chi connectivity index (χ2n) is 7.65. The van der Waals surface area contributed by atoms with Gasteiger partial charge in [-0.25, -0.2) is 9.50 Å². The van der Waals surface area contributed by atoms with E-state index in [1.54, 1.807) is 6.92 Å². The minimum Gasteiger partial charge on any atom is -0.393 e. The Kier molecular flexibility index (Phi) is 5.29. The Balaban J connectivity index is 1.66. The van der Waals surface area contributed by atoms with Crippen molar-refractivity contribution in [3.8, 4) is 11.3 Å². The first kappa shape index (κ1) is 21.0. The number of nitrogens with one attached hydrogen (secondary N) is 1. The van der Waals surface area contributed by atoms with Crippen molar-refractivity contribution in [3.63, 3.8) is 0 Å². The number of pyridine rings is 1. The summed E-state index contributed by atoms with van der Waals surface area (Å²) in [5, 5.41) is 16.6. The SMILES string of the molecule is Cc1ncc(-c2cc(C(F)(F)F)c3c(N)ncnn23)cc1C(=O)NCCC(O)C1CC1. The molecule has 0 spiro atoms. The van der Waals surface area contributed by atoms with E-state index < -0.39 is 23.8 Å². The molecule has 1 amide bonds. The molecule has 3 aromatic heterocycles. The summed E-state index contributed by atoms with van der Waals surface area (Å²) in [7, 11) is 0. The number of nitrogens with two attached hydrogens (primary N) is 1. The number of nitrogens with zero attached hydrogens (tertiary/aromatic N) is 4. The summed E-state index contributed by atoms with van der Waals surface area (Å²) in [5.74, 6) is -0.412. The molecule has 0 saturated heterocycles. The summed E-state index contributed by atoms with van der Waals surface area (Å²) >= 11 is 0. The van der Waals surface area contributed by atoms with Gasteiger partial charge in [-0.3, -0.25) is 9.78 Å². The summed E-state index contributed by atoms with van der Waals surface area (Å²) in [5.41, 5.74) is 5.37. The minimum absolute atomic E-state index is 0.0853. The van der Waals surface area contributed by atoms with E-state index >= 15 is 0 Å². The van der Waals surface area contributed by atoms with Gasteiger partial charge in [0.05, 0.1) is 28.6 Å². The molecule has 8 nitrogen and oxygen atoms in total. The second-order valence-corrected chi connectivity index (χ2v) is 7.65. The Labute approximate surface area is 175 Å². The number of hydrogen-bond acceptors (Lipinski definition) is 6. The molecule has 0 aromatic carbocycles. The molecule has 11 heteroatoms. The van der Waals surface area contributed by atoms with Crippen LogP contribution in [0.3, 0.4) is 0 Å². The maximum Gasteiger partial charge on any atom is 0.418 e. The van der Waals surface area contributed by atoms with Gasteiger partial charge in [0.15, 0.2) is 5.82 Å². The predicted molar refractivity (Wildman–Crippen MR) is 106 cm³/mol. The summed E-state index contributed by atoms with van der Waals surface area (Å²) in [6, 6.07) is 2.38. The number of aliphatic hydroxyl groups is 1. The Morgan fingerprint density at radius 1 is 1.35 bits per heavy atom. The van der Waals surface area contributed by atoms with Crippen LogP contribution in [-0.4, -0.2) is 43.2 Å². The highest BCUT2D eigenvalue weighted by Gasteiger charge is 2.36. The molecule has 0 bridgehead atoms. The van der Waals surface area contributed by atoms with E-state index in [1.807, 2.05) is 0 Å². The van der Waals surface area contributed by atoms with Crippen LogP contribution in [0.1, 0.15) is 40.9 Å². The number of aliphatic hydroxyl groups excluding tert-OH is 1. The van der Waals surface area contributed by atoms with Crippen LogP contribution in [-0.2, 0) is 6.18 Å². The number of hydrogen-bond donors (Lipinski definition) is 3. The molecule has 0 radical (unpaired) electrons. The van der Waals surface area contributed by atoms with Gasteiger partial charge in [-0.2, -0.15) is 18.3 Å². The summed E-state index contributed by atoms with van der Waals surface area (Å²) in [6.07, 6.45) is -0.224. The number of fused-ring (bicyclic) bond motifs is 1. The lowest BCUT2D eigenvalue weighted by molar-refractivity contribution is -0.136. The summed E-state index contributed by atoms with van der Waals surface area (Å²) in [4.78, 5) is 20.5. The fraction of sp³-hybridized carbons (Fsp3) is 0.400. The van der Waals surface area contributed by atoms with Crippen LogP contribution >= 0.6 is 0 Å². The van der Waals surface area contributed by atoms with E-state index in [2.05, 4.69) is 20.4 Å². The lowest BCUT2D eigenvalue weighted by atomic mass is 10.1. The molecule has 3 heterocycles. The largest absolute Gasteiger partial charge is 0.418 e. The average molecular weight is 434 g/mol. The Bertz CT molecular complexity index is 1140. The molecule has 1 unspecified atom stereocenters. The number of carbonyl (C=O) groups is 1. The first-order valence-electron chi connectivity index (χ1n) is 9.79. The number of aryl methyl sites for hydroxylation is 1. The molecule has 31 heavy (non-hydrogen) atoms. The van der Waals surface area contributed by atoms with Crippen LogP contribution < -0.4 is 11.1 Å². The maximum absolute atomic E-state index is 13.5. The van der Waals surface area contributed by atoms with Gasteiger partial charge in [0.2, 0.25) is 0 Å². The van der Waals surface area contributed by atoms with E-state index in [9.17, 15) is 23.1 Å². The second kappa shape index (κ2) is 7.80. The van der Waals surface area contributed by atoms with Gasteiger partial charge in [0.25, 0.3) is 5.91 Å². The first-order valence-corrected chi connectivity index (χ1v) is 9.79. The highest BCUT2D eigenvalue weighted by molar-refractivity contribution is 5.96. The fourth-order valence-corrected chi connectivity index (χ4v) is 3.54. The smallest absolute Gasteiger partial charge is 0.393 e. The third-order valence-corrected chi connectivity index (χ3v) is 5.41. The number of anilines is 1. The van der Waals surface area contributed by atoms with Crippen LogP contribution in [0.5, 0.6) is 0 Å². The van der Waals surface area contributed by atoms with Gasteiger partial charge in [-0.1, -0.05) is 0 Å². The topological polar surface area (TPSA) is 118 Å². The molecule has 1 atom stereocenters. The van der Waals surface area contributed by atoms with Crippen molar-refractivity contribution in [1.82, 2.24) is 24.9 Å². The van der Waals surface area contributed by atoms with Gasteiger partial charge in [0, 0.05) is 18.3 Å². The minimum atomic E-state index is -4.66. The van der Waals surface area contributed by atoms with Crippen molar-refractivity contribution in [2.24, 2.45) is 5.92 Å². The molecule has 4 rings (SSSR count). The van der Waals surface area contributed by atoms with Crippen molar-refractivity contribution in [1.29, 1.82) is 0 Å². The zero-order chi connectivity index (χ0) is 22.3. The number of halogens is 3. The monoisotopic (exact) mass is 434 g/mol. The maximum atomic E-state index is 13.5. The molecule has 0 aliphatic heterocycles. The van der Waals surface area contributed by atoms with Crippen molar-refractivity contribution in [2.45, 2.75) is 38.5 Å². The van der Waals surface area contributed by atoms with E-state index in [0.717, 1.165) is 29.8 Å². The molecule has 4 N–H and O–H groups in total. The third kappa shape index (κ3) is 4.18. The van der Waals surface area contributed by atoms with Crippen molar-refractivity contribution >= 4 is 17.2 Å². The molecular formula is C20H21F3N6O2. The zero-order valence-corrected chi connectivity index (χ0v) is 16.6. The molecule has 1 fully saturated rings. The van der Waals surface area contributed by atoms with Gasteiger partial charge < -0.3 is 16.2 Å². The van der Waals surface area contributed by atoms with Crippen molar-refractivity contribution < 1.29 is 23.1 Å². The fourth-order valence-electron chi connectivity index (χ4n) is 3.54. The van der Waals surface area contributed by atoms with E-state index in [1.165, 1.54) is 12.3 Å². The highest BCUT2D eigenvalue weighted by atomic mass is 19.4. The normalized spacial score (nSPS) is 15.3. The standard InChI is InChI=1S/C20H21F3N6O2/c1-10-13(19(31)25-5-4-16(30)11-2-3-11)6-12(8-26-10)15-7-14(20(21,22)23)17-18(24)27-9-28-29(15)17/h6-9,11,16,30H,2-5H2,1H3,(H,25,31)(H2,24,27,28). The predicted octanol–water partition coefficient (Wildman–Crippen LogP) is 2.59. The van der Waals surface area contributed by atoms with Gasteiger partial charge in [-0.05, 0) is 44.2 Å². The van der Waals surface area contributed by atoms with Gasteiger partial charge in [-0.15, -0.1) is 0 Å². The number of amides is 1. The number of alkyl halides is 3. The van der Waals surface area contributed by atoms with Gasteiger partial charge >= 0.3 is 6.18 Å². The Morgan fingerprint density at radius 2 is 2.10 bits per heavy atom. The summed E-state index contributed by atoms with van der Waals surface area (Å²) < 4.78 is 41.7. The summed E-state index contributed by atoms with van der Waals surface area (Å²) in [6.45, 7) is 1.92. The molecule has 164 valence electrons. The van der Waals surface area contributed by atoms with Crippen LogP contribution in [0.4, 0.5) is 19.0 Å². The lowest BCUT2D eigenvalue weighted by Gasteiger charge is -2.12. The Morgan fingerprint density at radius 3 is 2.77 bits per heavy atom. The van der Waals surface area contributed by atoms with Crippen LogP contribution in [0.2, 0.25) is 0 Å². The van der Waals surface area contributed by atoms with Crippen LogP contribution in [0, 0.1) is 12.8 Å². The molecule has 1 saturated carbocycles. The van der Waals surface area contributed by atoms with E-state index in [0.29, 0.717) is 18.0 Å². The van der Waals surface area contributed by atoms with Crippen LogP contribution in [0.15, 0.2) is 24.7 Å². The Hall–Kier alpha value is -3.21. The van der Waals surface area contributed by atoms with E-state index in [-0.39, 0.29) is 34.7 Å². The highest BCUT2D eigenvalue weighted by Crippen LogP contribution is 2.38. The van der Waals surface area contributed by atoms with Gasteiger partial charge in [0.1, 0.15) is 11.8 Å². The first-order chi connectivity index (χ1) is 14.7. The molecule has 1 aliphatic rings. The number of aromatic nitrogens is 4. The third-order valence-electron chi connectivity index (χ3n) is 5.41. The average Bonchev–Trinajstić information content (AvgIpc) is 3.48. The van der Waals surface area contributed by atoms with Crippen molar-refractivity contribution in [3.05, 3.63) is 41.5 Å². The molecular weight excluding hydrogens is 413 g/mol.